The van der Waals surface area contributed by atoms with Crippen molar-refractivity contribution in [3.05, 3.63) is 86.8 Å². The quantitative estimate of drug-likeness (QED) is 0.519. The predicted molar refractivity (Wildman–Crippen MR) is 125 cm³/mol. The van der Waals surface area contributed by atoms with Crippen LogP contribution in [0.25, 0.3) is 0 Å². The molecule has 0 bridgehead atoms. The third-order valence-electron chi connectivity index (χ3n) is 5.17. The number of nitrogens with zero attached hydrogens (tertiary/aromatic N) is 4. The highest BCUT2D eigenvalue weighted by Gasteiger charge is 2.23. The van der Waals surface area contributed by atoms with Gasteiger partial charge in [0.05, 0.1) is 13.1 Å². The number of carbonyl (C=O) groups excluding carboxylic acids is 1. The van der Waals surface area contributed by atoms with Crippen LogP contribution in [0.1, 0.15) is 18.2 Å². The molecule has 9 heteroatoms. The zero-order valence-corrected chi connectivity index (χ0v) is 18.3. The van der Waals surface area contributed by atoms with E-state index in [-0.39, 0.29) is 37.0 Å². The normalized spacial score (nSPS) is 11.0. The Bertz CT molecular complexity index is 1160. The Morgan fingerprint density at radius 3 is 2.50 bits per heavy atom. The predicted octanol–water partition coefficient (Wildman–Crippen LogP) is 1.09. The molecule has 0 unspecified atom stereocenters. The second-order valence-electron chi connectivity index (χ2n) is 7.51. The number of hydrogen-bond donors (Lipinski definition) is 2. The zero-order valence-electron chi connectivity index (χ0n) is 18.3. The lowest BCUT2D eigenvalue weighted by Crippen LogP contribution is -2.44. The molecule has 0 saturated carbocycles. The van der Waals surface area contributed by atoms with Crippen molar-refractivity contribution in [2.45, 2.75) is 19.9 Å². The first-order valence-electron chi connectivity index (χ1n) is 10.5. The van der Waals surface area contributed by atoms with Crippen LogP contribution in [0.4, 0.5) is 11.5 Å². The van der Waals surface area contributed by atoms with Crippen LogP contribution in [0.2, 0.25) is 0 Å². The summed E-state index contributed by atoms with van der Waals surface area (Å²) in [5.41, 5.74) is 6.73. The Kier molecular flexibility index (Phi) is 7.56. The third-order valence-corrected chi connectivity index (χ3v) is 5.17. The monoisotopic (exact) mass is 436 g/mol. The SMILES string of the molecule is CCN(C(=O)CN(C)CCc1ccccn1)c1c(N)n(Cc2ccccc2)c(=O)[nH]c1=O. The van der Waals surface area contributed by atoms with Crippen LogP contribution in [-0.2, 0) is 17.8 Å². The summed E-state index contributed by atoms with van der Waals surface area (Å²) in [6, 6.07) is 15.0. The van der Waals surface area contributed by atoms with E-state index in [0.717, 1.165) is 11.3 Å². The molecule has 0 aliphatic rings. The van der Waals surface area contributed by atoms with Gasteiger partial charge in [-0.2, -0.15) is 0 Å². The van der Waals surface area contributed by atoms with Crippen molar-refractivity contribution in [2.24, 2.45) is 0 Å². The van der Waals surface area contributed by atoms with Crippen LogP contribution in [0.5, 0.6) is 0 Å². The first-order valence-corrected chi connectivity index (χ1v) is 10.5. The van der Waals surface area contributed by atoms with E-state index in [0.29, 0.717) is 13.0 Å². The number of hydrogen-bond acceptors (Lipinski definition) is 6. The summed E-state index contributed by atoms with van der Waals surface area (Å²) in [6.45, 7) is 2.91. The number of pyridine rings is 1. The topological polar surface area (TPSA) is 117 Å². The fraction of sp³-hybridized carbons (Fsp3) is 0.304. The van der Waals surface area contributed by atoms with Crippen molar-refractivity contribution < 1.29 is 4.79 Å². The maximum absolute atomic E-state index is 13.0. The second-order valence-corrected chi connectivity index (χ2v) is 7.51. The number of nitrogen functional groups attached to an aromatic ring is 1. The van der Waals surface area contributed by atoms with Crippen molar-refractivity contribution >= 4 is 17.4 Å². The standard InChI is InChI=1S/C23H28N6O3/c1-3-28(19(30)16-27(2)14-12-18-11-7-8-13-25-18)20-21(24)29(23(32)26-22(20)31)15-17-9-5-4-6-10-17/h4-11,13H,3,12,14-16,24H2,1-2H3,(H,26,31,32). The molecule has 0 aliphatic carbocycles. The Morgan fingerprint density at radius 1 is 1.12 bits per heavy atom. The average molecular weight is 437 g/mol. The first-order chi connectivity index (χ1) is 15.4. The van der Waals surface area contributed by atoms with Gasteiger partial charge in [0.15, 0.2) is 5.69 Å². The highest BCUT2D eigenvalue weighted by Crippen LogP contribution is 2.18. The van der Waals surface area contributed by atoms with Crippen LogP contribution < -0.4 is 21.9 Å². The van der Waals surface area contributed by atoms with Crippen LogP contribution in [-0.4, -0.2) is 52.0 Å². The van der Waals surface area contributed by atoms with E-state index in [4.69, 9.17) is 5.73 Å². The van der Waals surface area contributed by atoms with Gasteiger partial charge in [-0.1, -0.05) is 36.4 Å². The van der Waals surface area contributed by atoms with Gasteiger partial charge >= 0.3 is 5.69 Å². The summed E-state index contributed by atoms with van der Waals surface area (Å²) in [5, 5.41) is 0. The van der Waals surface area contributed by atoms with E-state index in [9.17, 15) is 14.4 Å². The molecule has 2 heterocycles. The van der Waals surface area contributed by atoms with E-state index in [1.54, 1.807) is 13.1 Å². The Morgan fingerprint density at radius 2 is 1.84 bits per heavy atom. The van der Waals surface area contributed by atoms with E-state index >= 15 is 0 Å². The summed E-state index contributed by atoms with van der Waals surface area (Å²) < 4.78 is 1.27. The lowest BCUT2D eigenvalue weighted by atomic mass is 10.2. The molecule has 3 aromatic rings. The molecular weight excluding hydrogens is 408 g/mol. The molecule has 168 valence electrons. The van der Waals surface area contributed by atoms with Crippen LogP contribution in [0, 0.1) is 0 Å². The molecule has 0 fully saturated rings. The zero-order chi connectivity index (χ0) is 23.1. The number of aromatic nitrogens is 3. The molecular formula is C23H28N6O3. The van der Waals surface area contributed by atoms with Crippen LogP contribution in [0.15, 0.2) is 64.3 Å². The Balaban J connectivity index is 1.79. The van der Waals surface area contributed by atoms with E-state index < -0.39 is 11.2 Å². The number of amides is 1. The lowest BCUT2D eigenvalue weighted by molar-refractivity contribution is -0.119. The number of benzene rings is 1. The summed E-state index contributed by atoms with van der Waals surface area (Å²) in [6.07, 6.45) is 2.43. The molecule has 0 radical (unpaired) electrons. The molecule has 1 amide bonds. The minimum Gasteiger partial charge on any atom is -0.383 e. The molecule has 32 heavy (non-hydrogen) atoms. The maximum Gasteiger partial charge on any atom is 0.330 e. The fourth-order valence-corrected chi connectivity index (χ4v) is 3.47. The summed E-state index contributed by atoms with van der Waals surface area (Å²) in [5.74, 6) is -0.313. The fourth-order valence-electron chi connectivity index (χ4n) is 3.47. The van der Waals surface area contributed by atoms with Crippen molar-refractivity contribution in [1.29, 1.82) is 0 Å². The van der Waals surface area contributed by atoms with Gasteiger partial charge in [0, 0.05) is 31.4 Å². The summed E-state index contributed by atoms with van der Waals surface area (Å²) in [7, 11) is 1.83. The van der Waals surface area contributed by atoms with E-state index in [2.05, 4.69) is 9.97 Å². The first kappa shape index (κ1) is 23.0. The number of nitrogens with one attached hydrogen (secondary N) is 1. The minimum absolute atomic E-state index is 0.00819. The van der Waals surface area contributed by atoms with E-state index in [1.807, 2.05) is 60.5 Å². The van der Waals surface area contributed by atoms with Crippen LogP contribution in [0.3, 0.4) is 0 Å². The molecule has 0 atom stereocenters. The van der Waals surface area contributed by atoms with Gasteiger partial charge in [0.25, 0.3) is 5.56 Å². The molecule has 0 saturated heterocycles. The number of carbonyl (C=O) groups is 1. The summed E-state index contributed by atoms with van der Waals surface area (Å²) in [4.78, 5) is 47.8. The number of likely N-dealkylation sites (N-methyl/N-ethyl adjacent to an activating group) is 2. The molecule has 2 aromatic heterocycles. The highest BCUT2D eigenvalue weighted by atomic mass is 16.2. The molecule has 1 aromatic carbocycles. The largest absolute Gasteiger partial charge is 0.383 e. The molecule has 3 N–H and O–H groups in total. The van der Waals surface area contributed by atoms with Gasteiger partial charge in [-0.15, -0.1) is 0 Å². The number of aromatic amines is 1. The molecule has 0 aliphatic heterocycles. The van der Waals surface area contributed by atoms with Gasteiger partial charge in [-0.25, -0.2) is 4.79 Å². The molecule has 9 nitrogen and oxygen atoms in total. The van der Waals surface area contributed by atoms with Crippen molar-refractivity contribution in [1.82, 2.24) is 19.4 Å². The van der Waals surface area contributed by atoms with Gasteiger partial charge in [-0.3, -0.25) is 29.0 Å². The number of H-pyrrole nitrogens is 1. The van der Waals surface area contributed by atoms with Crippen LogP contribution >= 0.6 is 0 Å². The molecule has 3 rings (SSSR count). The molecule has 0 spiro atoms. The third kappa shape index (κ3) is 5.50. The average Bonchev–Trinajstić information content (AvgIpc) is 2.79. The Labute approximate surface area is 186 Å². The van der Waals surface area contributed by atoms with Crippen molar-refractivity contribution in [2.75, 3.05) is 37.3 Å². The summed E-state index contributed by atoms with van der Waals surface area (Å²) >= 11 is 0. The smallest absolute Gasteiger partial charge is 0.330 e. The van der Waals surface area contributed by atoms with Crippen molar-refractivity contribution in [3.63, 3.8) is 0 Å². The van der Waals surface area contributed by atoms with Gasteiger partial charge in [0.2, 0.25) is 5.91 Å². The lowest BCUT2D eigenvalue weighted by Gasteiger charge is -2.25. The van der Waals surface area contributed by atoms with Gasteiger partial charge in [-0.05, 0) is 31.7 Å². The number of nitrogens with two attached hydrogens (primary N) is 1. The Hall–Kier alpha value is -3.72. The number of rotatable bonds is 9. The second kappa shape index (κ2) is 10.5. The van der Waals surface area contributed by atoms with Crippen molar-refractivity contribution in [3.8, 4) is 0 Å². The van der Waals surface area contributed by atoms with E-state index in [1.165, 1.54) is 9.47 Å². The number of anilines is 2. The highest BCUT2D eigenvalue weighted by molar-refractivity contribution is 5.96. The van der Waals surface area contributed by atoms with Gasteiger partial charge in [0.1, 0.15) is 5.82 Å². The van der Waals surface area contributed by atoms with Gasteiger partial charge < -0.3 is 10.6 Å². The minimum atomic E-state index is -0.678. The maximum atomic E-state index is 13.0.